The number of hydrogen-bond acceptors (Lipinski definition) is 6. The summed E-state index contributed by atoms with van der Waals surface area (Å²) in [5.41, 5.74) is -1.91. The molecule has 1 aromatic heterocycles. The van der Waals surface area contributed by atoms with Crippen LogP contribution in [0.3, 0.4) is 0 Å². The van der Waals surface area contributed by atoms with Crippen LogP contribution in [-0.4, -0.2) is 65.1 Å². The Hall–Kier alpha value is -3.36. The van der Waals surface area contributed by atoms with Crippen molar-refractivity contribution in [1.29, 1.82) is 0 Å². The highest BCUT2D eigenvalue weighted by molar-refractivity contribution is 8.18. The summed E-state index contributed by atoms with van der Waals surface area (Å²) < 4.78 is 86.3. The molecule has 1 saturated heterocycles. The lowest BCUT2D eigenvalue weighted by atomic mass is 10.0. The number of fused-ring (bicyclic) bond motifs is 1. The molecule has 0 bridgehead atoms. The third-order valence-corrected chi connectivity index (χ3v) is 7.57. The van der Waals surface area contributed by atoms with Gasteiger partial charge in [0.05, 0.1) is 40.9 Å². The Morgan fingerprint density at radius 3 is 2.65 bits per heavy atom. The number of piperazine rings is 1. The van der Waals surface area contributed by atoms with Gasteiger partial charge < -0.3 is 15.0 Å². The van der Waals surface area contributed by atoms with Crippen molar-refractivity contribution in [3.8, 4) is 0 Å². The fourth-order valence-corrected chi connectivity index (χ4v) is 5.58. The van der Waals surface area contributed by atoms with E-state index in [-0.39, 0.29) is 30.1 Å². The van der Waals surface area contributed by atoms with Crippen molar-refractivity contribution < 1.29 is 35.9 Å². The zero-order valence-electron chi connectivity index (χ0n) is 21.0. The Morgan fingerprint density at radius 1 is 1.12 bits per heavy atom. The lowest BCUT2D eigenvalue weighted by molar-refractivity contribution is -0.143. The molecule has 1 fully saturated rings. The standard InChI is InChI=1S/C26H23F6N5O2S/c1-39-14-19-13-36(7-6-33-19)24-35-23(38)22(40-24)9-15-2-5-21-17(8-15)11-34-37(21)12-16-3-4-18(25(27,28)29)10-20(16)26(30,31)32/h2-5,8-11,19,33H,6-7,12-14H2,1H3/b22-9-/t19-/m1/s1. The number of aliphatic imine (C=N–C) groups is 1. The van der Waals surface area contributed by atoms with E-state index in [9.17, 15) is 31.1 Å². The SMILES string of the molecule is COC[C@H]1CN(C2=NC(=O)/C(=C/c3ccc4c(cnn4Cc4ccc(C(F)(F)F)cc4C(F)(F)F)c3)S2)CCN1. The van der Waals surface area contributed by atoms with Crippen LogP contribution in [-0.2, 0) is 28.4 Å². The number of aromatic nitrogens is 2. The van der Waals surface area contributed by atoms with Gasteiger partial charge in [0.25, 0.3) is 5.91 Å². The minimum atomic E-state index is -4.97. The number of amides is 1. The second kappa shape index (κ2) is 10.9. The molecule has 40 heavy (non-hydrogen) atoms. The molecule has 212 valence electrons. The summed E-state index contributed by atoms with van der Waals surface area (Å²) in [6.07, 6.45) is -6.73. The monoisotopic (exact) mass is 583 g/mol. The molecule has 14 heteroatoms. The number of rotatable bonds is 5. The van der Waals surface area contributed by atoms with E-state index in [0.29, 0.717) is 52.3 Å². The van der Waals surface area contributed by atoms with Crippen LogP contribution in [0, 0.1) is 0 Å². The molecule has 0 aliphatic carbocycles. The first kappa shape index (κ1) is 28.2. The largest absolute Gasteiger partial charge is 0.416 e. The van der Waals surface area contributed by atoms with Gasteiger partial charge in [-0.25, -0.2) is 0 Å². The maximum atomic E-state index is 13.6. The molecule has 0 radical (unpaired) electrons. The number of thioether (sulfide) groups is 1. The zero-order chi connectivity index (χ0) is 28.7. The van der Waals surface area contributed by atoms with Gasteiger partial charge in [0.1, 0.15) is 0 Å². The van der Waals surface area contributed by atoms with Crippen molar-refractivity contribution in [1.82, 2.24) is 20.0 Å². The fraction of sp³-hybridized carbons (Fsp3) is 0.346. The molecular weight excluding hydrogens is 560 g/mol. The van der Waals surface area contributed by atoms with Crippen molar-refractivity contribution >= 4 is 39.8 Å². The smallest absolute Gasteiger partial charge is 0.383 e. The quantitative estimate of drug-likeness (QED) is 0.337. The lowest BCUT2D eigenvalue weighted by Crippen LogP contribution is -2.53. The van der Waals surface area contributed by atoms with E-state index in [2.05, 4.69) is 15.4 Å². The number of hydrogen-bond donors (Lipinski definition) is 1. The van der Waals surface area contributed by atoms with Gasteiger partial charge in [0.15, 0.2) is 5.17 Å². The summed E-state index contributed by atoms with van der Waals surface area (Å²) in [5, 5.41) is 8.72. The number of nitrogens with zero attached hydrogens (tertiary/aromatic N) is 4. The molecule has 0 saturated carbocycles. The second-order valence-corrected chi connectivity index (χ2v) is 10.4. The van der Waals surface area contributed by atoms with Gasteiger partial charge in [-0.3, -0.25) is 9.48 Å². The molecule has 0 unspecified atom stereocenters. The number of alkyl halides is 6. The molecule has 2 aromatic carbocycles. The lowest BCUT2D eigenvalue weighted by Gasteiger charge is -2.34. The first-order valence-electron chi connectivity index (χ1n) is 12.1. The highest BCUT2D eigenvalue weighted by Crippen LogP contribution is 2.38. The first-order chi connectivity index (χ1) is 18.9. The number of methoxy groups -OCH3 is 1. The van der Waals surface area contributed by atoms with Gasteiger partial charge in [-0.1, -0.05) is 12.1 Å². The molecule has 3 heterocycles. The fourth-order valence-electron chi connectivity index (χ4n) is 4.63. The molecule has 5 rings (SSSR count). The van der Waals surface area contributed by atoms with Crippen LogP contribution in [0.15, 0.2) is 52.5 Å². The summed E-state index contributed by atoms with van der Waals surface area (Å²) in [5.74, 6) is -0.361. The van der Waals surface area contributed by atoms with Crippen LogP contribution in [0.4, 0.5) is 26.3 Å². The Labute approximate surface area is 228 Å². The number of halogens is 6. The maximum absolute atomic E-state index is 13.6. The predicted molar refractivity (Wildman–Crippen MR) is 139 cm³/mol. The Bertz CT molecular complexity index is 1490. The molecular formula is C26H23F6N5O2S. The van der Waals surface area contributed by atoms with Crippen LogP contribution in [0.25, 0.3) is 17.0 Å². The van der Waals surface area contributed by atoms with Crippen LogP contribution in [0.2, 0.25) is 0 Å². The third kappa shape index (κ3) is 6.03. The summed E-state index contributed by atoms with van der Waals surface area (Å²) >= 11 is 1.27. The van der Waals surface area contributed by atoms with Crippen LogP contribution < -0.4 is 5.32 Å². The molecule has 1 atom stereocenters. The van der Waals surface area contributed by atoms with Gasteiger partial charge in [0.2, 0.25) is 0 Å². The average molecular weight is 584 g/mol. The van der Waals surface area contributed by atoms with E-state index in [0.717, 1.165) is 12.6 Å². The summed E-state index contributed by atoms with van der Waals surface area (Å²) in [7, 11) is 1.63. The first-order valence-corrected chi connectivity index (χ1v) is 13.0. The van der Waals surface area contributed by atoms with E-state index in [1.54, 1.807) is 31.4 Å². The number of amidine groups is 1. The molecule has 7 nitrogen and oxygen atoms in total. The van der Waals surface area contributed by atoms with E-state index in [1.165, 1.54) is 22.6 Å². The van der Waals surface area contributed by atoms with Gasteiger partial charge in [0, 0.05) is 38.2 Å². The molecule has 1 amide bonds. The number of benzene rings is 2. The Kier molecular flexibility index (Phi) is 7.68. The Morgan fingerprint density at radius 2 is 1.93 bits per heavy atom. The molecule has 0 spiro atoms. The maximum Gasteiger partial charge on any atom is 0.416 e. The zero-order valence-corrected chi connectivity index (χ0v) is 21.8. The highest BCUT2D eigenvalue weighted by Gasteiger charge is 2.38. The van der Waals surface area contributed by atoms with E-state index < -0.39 is 23.5 Å². The van der Waals surface area contributed by atoms with Crippen molar-refractivity contribution in [3.63, 3.8) is 0 Å². The number of ether oxygens (including phenoxy) is 1. The van der Waals surface area contributed by atoms with Crippen molar-refractivity contribution in [2.24, 2.45) is 4.99 Å². The van der Waals surface area contributed by atoms with Crippen LogP contribution in [0.1, 0.15) is 22.3 Å². The third-order valence-electron chi connectivity index (χ3n) is 6.53. The topological polar surface area (TPSA) is 71.8 Å². The normalized spacial score (nSPS) is 19.6. The summed E-state index contributed by atoms with van der Waals surface area (Å²) in [4.78, 5) is 19.3. The molecule has 1 N–H and O–H groups in total. The average Bonchev–Trinajstić information content (AvgIpc) is 3.46. The van der Waals surface area contributed by atoms with E-state index in [1.807, 2.05) is 4.90 Å². The van der Waals surface area contributed by atoms with E-state index >= 15 is 0 Å². The van der Waals surface area contributed by atoms with Crippen molar-refractivity contribution in [2.45, 2.75) is 24.9 Å². The minimum absolute atomic E-state index is 0.121. The van der Waals surface area contributed by atoms with Gasteiger partial charge in [-0.15, -0.1) is 0 Å². The molecule has 3 aromatic rings. The van der Waals surface area contributed by atoms with E-state index in [4.69, 9.17) is 4.74 Å². The van der Waals surface area contributed by atoms with Gasteiger partial charge in [-0.05, 0) is 53.2 Å². The van der Waals surface area contributed by atoms with Crippen molar-refractivity contribution in [2.75, 3.05) is 33.4 Å². The second-order valence-electron chi connectivity index (χ2n) is 9.35. The Balaban J connectivity index is 1.35. The van der Waals surface area contributed by atoms with Crippen LogP contribution in [0.5, 0.6) is 0 Å². The number of carbonyl (C=O) groups is 1. The van der Waals surface area contributed by atoms with Crippen molar-refractivity contribution in [3.05, 3.63) is 69.8 Å². The van der Waals surface area contributed by atoms with Gasteiger partial charge >= 0.3 is 12.4 Å². The van der Waals surface area contributed by atoms with Gasteiger partial charge in [-0.2, -0.15) is 36.4 Å². The summed E-state index contributed by atoms with van der Waals surface area (Å²) in [6, 6.07) is 6.77. The predicted octanol–water partition coefficient (Wildman–Crippen LogP) is 5.01. The number of nitrogens with one attached hydrogen (secondary N) is 1. The number of carbonyl (C=O) groups excluding carboxylic acids is 1. The molecule has 2 aliphatic rings. The highest BCUT2D eigenvalue weighted by atomic mass is 32.2. The minimum Gasteiger partial charge on any atom is -0.383 e. The summed E-state index contributed by atoms with van der Waals surface area (Å²) in [6.45, 7) is 2.25. The molecule has 2 aliphatic heterocycles. The van der Waals surface area contributed by atoms with Crippen LogP contribution >= 0.6 is 11.8 Å².